The first-order valence-electron chi connectivity index (χ1n) is 7.64. The van der Waals surface area contributed by atoms with E-state index in [0.717, 1.165) is 44.8 Å². The number of furan rings is 1. The molecular weight excluding hydrogens is 270 g/mol. The molecule has 1 saturated heterocycles. The van der Waals surface area contributed by atoms with Crippen LogP contribution in [0.25, 0.3) is 0 Å². The van der Waals surface area contributed by atoms with Gasteiger partial charge in [0.25, 0.3) is 0 Å². The van der Waals surface area contributed by atoms with Crippen LogP contribution < -0.4 is 10.6 Å². The van der Waals surface area contributed by atoms with E-state index in [2.05, 4.69) is 15.5 Å². The molecule has 1 aromatic rings. The molecule has 0 saturated carbocycles. The number of amides is 1. The molecular formula is C15H25N3O3. The van der Waals surface area contributed by atoms with Gasteiger partial charge in [0.2, 0.25) is 5.91 Å². The molecule has 0 bridgehead atoms. The second-order valence-corrected chi connectivity index (χ2v) is 5.22. The van der Waals surface area contributed by atoms with Crippen LogP contribution in [0.15, 0.2) is 22.8 Å². The second-order valence-electron chi connectivity index (χ2n) is 5.22. The zero-order valence-electron chi connectivity index (χ0n) is 12.5. The van der Waals surface area contributed by atoms with Crippen LogP contribution >= 0.6 is 0 Å². The van der Waals surface area contributed by atoms with Crippen LogP contribution in [-0.4, -0.2) is 56.7 Å². The summed E-state index contributed by atoms with van der Waals surface area (Å²) in [5.41, 5.74) is 0. The Kier molecular flexibility index (Phi) is 7.28. The van der Waals surface area contributed by atoms with Gasteiger partial charge in [-0.3, -0.25) is 9.69 Å². The minimum atomic E-state index is 0.0999. The SMILES string of the molecule is O=C(CN1CCCNCC1)NCCCOCc1ccco1. The van der Waals surface area contributed by atoms with Crippen LogP contribution in [0, 0.1) is 0 Å². The zero-order chi connectivity index (χ0) is 14.8. The van der Waals surface area contributed by atoms with Gasteiger partial charge in [0.1, 0.15) is 12.4 Å². The van der Waals surface area contributed by atoms with Crippen molar-refractivity contribution in [1.29, 1.82) is 0 Å². The molecule has 1 fully saturated rings. The first-order valence-corrected chi connectivity index (χ1v) is 7.64. The third kappa shape index (κ3) is 6.75. The monoisotopic (exact) mass is 295 g/mol. The van der Waals surface area contributed by atoms with Crippen LogP contribution in [0.4, 0.5) is 0 Å². The van der Waals surface area contributed by atoms with Crippen LogP contribution in [0.5, 0.6) is 0 Å². The van der Waals surface area contributed by atoms with Gasteiger partial charge in [-0.05, 0) is 38.1 Å². The lowest BCUT2D eigenvalue weighted by Gasteiger charge is -2.18. The number of carbonyl (C=O) groups is 1. The van der Waals surface area contributed by atoms with Crippen LogP contribution in [0.2, 0.25) is 0 Å². The maximum absolute atomic E-state index is 11.8. The molecule has 0 unspecified atom stereocenters. The van der Waals surface area contributed by atoms with E-state index in [0.29, 0.717) is 26.3 Å². The van der Waals surface area contributed by atoms with Crippen molar-refractivity contribution >= 4 is 5.91 Å². The molecule has 1 aromatic heterocycles. The predicted octanol–water partition coefficient (Wildman–Crippen LogP) is 0.598. The van der Waals surface area contributed by atoms with Gasteiger partial charge < -0.3 is 19.8 Å². The first kappa shape index (κ1) is 16.0. The summed E-state index contributed by atoms with van der Waals surface area (Å²) in [5.74, 6) is 0.928. The van der Waals surface area contributed by atoms with Crippen LogP contribution in [0.1, 0.15) is 18.6 Å². The number of hydrogen-bond acceptors (Lipinski definition) is 5. The summed E-state index contributed by atoms with van der Waals surface area (Å²) >= 11 is 0. The van der Waals surface area contributed by atoms with E-state index in [-0.39, 0.29) is 5.91 Å². The summed E-state index contributed by atoms with van der Waals surface area (Å²) < 4.78 is 10.6. The lowest BCUT2D eigenvalue weighted by molar-refractivity contribution is -0.122. The van der Waals surface area contributed by atoms with Crippen molar-refractivity contribution in [2.45, 2.75) is 19.4 Å². The van der Waals surface area contributed by atoms with Crippen molar-refractivity contribution in [3.63, 3.8) is 0 Å². The molecule has 0 radical (unpaired) electrons. The zero-order valence-corrected chi connectivity index (χ0v) is 12.5. The number of carbonyl (C=O) groups excluding carboxylic acids is 1. The first-order chi connectivity index (χ1) is 10.3. The summed E-state index contributed by atoms with van der Waals surface area (Å²) in [6.45, 7) is 6.21. The Labute approximate surface area is 125 Å². The Morgan fingerprint density at radius 3 is 3.24 bits per heavy atom. The van der Waals surface area contributed by atoms with E-state index in [1.165, 1.54) is 0 Å². The largest absolute Gasteiger partial charge is 0.467 e. The Bertz CT molecular complexity index is 387. The highest BCUT2D eigenvalue weighted by molar-refractivity contribution is 5.77. The lowest BCUT2D eigenvalue weighted by atomic mass is 10.3. The Hall–Kier alpha value is -1.37. The molecule has 0 atom stereocenters. The molecule has 2 N–H and O–H groups in total. The standard InChI is InChI=1S/C15H25N3O3/c19-15(12-18-8-2-5-16-7-9-18)17-6-3-10-20-13-14-4-1-11-21-14/h1,4,11,16H,2-3,5-10,12-13H2,(H,17,19). The number of nitrogens with zero attached hydrogens (tertiary/aromatic N) is 1. The normalized spacial score (nSPS) is 16.6. The van der Waals surface area contributed by atoms with Gasteiger partial charge in [-0.25, -0.2) is 0 Å². The van der Waals surface area contributed by atoms with Crippen LogP contribution in [0.3, 0.4) is 0 Å². The highest BCUT2D eigenvalue weighted by Crippen LogP contribution is 2.01. The van der Waals surface area contributed by atoms with Crippen molar-refractivity contribution in [3.05, 3.63) is 24.2 Å². The van der Waals surface area contributed by atoms with Crippen LogP contribution in [-0.2, 0) is 16.1 Å². The summed E-state index contributed by atoms with van der Waals surface area (Å²) in [6.07, 6.45) is 3.55. The third-order valence-electron chi connectivity index (χ3n) is 3.41. The van der Waals surface area contributed by atoms with E-state index < -0.39 is 0 Å². The van der Waals surface area contributed by atoms with Gasteiger partial charge in [-0.1, -0.05) is 0 Å². The number of ether oxygens (including phenoxy) is 1. The molecule has 2 heterocycles. The van der Waals surface area contributed by atoms with Crippen molar-refractivity contribution < 1.29 is 13.9 Å². The van der Waals surface area contributed by atoms with Gasteiger partial charge in [0.05, 0.1) is 12.8 Å². The van der Waals surface area contributed by atoms with E-state index >= 15 is 0 Å². The maximum Gasteiger partial charge on any atom is 0.234 e. The third-order valence-corrected chi connectivity index (χ3v) is 3.41. The topological polar surface area (TPSA) is 66.7 Å². The van der Waals surface area contributed by atoms with Crippen molar-refractivity contribution in [2.24, 2.45) is 0 Å². The highest BCUT2D eigenvalue weighted by atomic mass is 16.5. The highest BCUT2D eigenvalue weighted by Gasteiger charge is 2.11. The fourth-order valence-corrected chi connectivity index (χ4v) is 2.29. The Morgan fingerprint density at radius 1 is 1.43 bits per heavy atom. The molecule has 1 aliphatic rings. The van der Waals surface area contributed by atoms with E-state index in [4.69, 9.17) is 9.15 Å². The average Bonchev–Trinajstić information content (AvgIpc) is 2.87. The van der Waals surface area contributed by atoms with Gasteiger partial charge in [-0.15, -0.1) is 0 Å². The summed E-state index contributed by atoms with van der Waals surface area (Å²) in [5, 5.41) is 6.27. The smallest absolute Gasteiger partial charge is 0.234 e. The molecule has 2 rings (SSSR count). The average molecular weight is 295 g/mol. The van der Waals surface area contributed by atoms with E-state index in [1.54, 1.807) is 6.26 Å². The van der Waals surface area contributed by atoms with Gasteiger partial charge >= 0.3 is 0 Å². The molecule has 0 aromatic carbocycles. The van der Waals surface area contributed by atoms with E-state index in [1.807, 2.05) is 12.1 Å². The summed E-state index contributed by atoms with van der Waals surface area (Å²) in [4.78, 5) is 14.0. The molecule has 118 valence electrons. The minimum Gasteiger partial charge on any atom is -0.467 e. The van der Waals surface area contributed by atoms with Crippen molar-refractivity contribution in [2.75, 3.05) is 45.9 Å². The van der Waals surface area contributed by atoms with Gasteiger partial charge in [0.15, 0.2) is 0 Å². The summed E-state index contributed by atoms with van der Waals surface area (Å²) in [6, 6.07) is 3.73. The molecule has 0 spiro atoms. The minimum absolute atomic E-state index is 0.0999. The lowest BCUT2D eigenvalue weighted by Crippen LogP contribution is -2.39. The molecule has 0 aliphatic carbocycles. The second kappa shape index (κ2) is 9.55. The Balaban J connectivity index is 1.47. The molecule has 1 amide bonds. The van der Waals surface area contributed by atoms with Gasteiger partial charge in [-0.2, -0.15) is 0 Å². The number of hydrogen-bond donors (Lipinski definition) is 2. The fourth-order valence-electron chi connectivity index (χ4n) is 2.29. The fraction of sp³-hybridized carbons (Fsp3) is 0.667. The predicted molar refractivity (Wildman–Crippen MR) is 79.9 cm³/mol. The quantitative estimate of drug-likeness (QED) is 0.688. The van der Waals surface area contributed by atoms with Crippen molar-refractivity contribution in [1.82, 2.24) is 15.5 Å². The van der Waals surface area contributed by atoms with Crippen molar-refractivity contribution in [3.8, 4) is 0 Å². The molecule has 1 aliphatic heterocycles. The number of nitrogens with one attached hydrogen (secondary N) is 2. The van der Waals surface area contributed by atoms with Gasteiger partial charge in [0, 0.05) is 26.2 Å². The molecule has 21 heavy (non-hydrogen) atoms. The molecule has 6 nitrogen and oxygen atoms in total. The summed E-state index contributed by atoms with van der Waals surface area (Å²) in [7, 11) is 0. The maximum atomic E-state index is 11.8. The molecule has 6 heteroatoms. The number of rotatable bonds is 8. The van der Waals surface area contributed by atoms with E-state index in [9.17, 15) is 4.79 Å². The Morgan fingerprint density at radius 2 is 2.38 bits per heavy atom.